The number of carbonyl (C=O) groups excluding carboxylic acids is 1. The summed E-state index contributed by atoms with van der Waals surface area (Å²) in [6.07, 6.45) is 3.97. The Balaban J connectivity index is 1.64. The average molecular weight is 306 g/mol. The lowest BCUT2D eigenvalue weighted by atomic mass is 9.99. The summed E-state index contributed by atoms with van der Waals surface area (Å²) in [5.74, 6) is 0.726. The third-order valence-corrected chi connectivity index (χ3v) is 4.63. The number of hydrogen-bond acceptors (Lipinski definition) is 5. The molecule has 112 valence electrons. The Bertz CT molecular complexity index is 636. The first-order valence-electron chi connectivity index (χ1n) is 7.03. The van der Waals surface area contributed by atoms with E-state index in [1.54, 1.807) is 17.4 Å². The van der Waals surface area contributed by atoms with Gasteiger partial charge in [-0.15, -0.1) is 11.3 Å². The number of aromatic nitrogens is 2. The molecule has 1 saturated heterocycles. The minimum absolute atomic E-state index is 0.135. The van der Waals surface area contributed by atoms with Crippen LogP contribution in [0.1, 0.15) is 34.3 Å². The number of likely N-dealkylation sites (tertiary alicyclic amines) is 1. The molecule has 0 spiro atoms. The summed E-state index contributed by atoms with van der Waals surface area (Å²) in [6.45, 7) is 5.34. The summed E-state index contributed by atoms with van der Waals surface area (Å²) < 4.78 is 5.02. The molecule has 21 heavy (non-hydrogen) atoms. The maximum Gasteiger partial charge on any atom is 0.324 e. The Hall–Kier alpha value is -1.89. The van der Waals surface area contributed by atoms with Gasteiger partial charge in [-0.25, -0.2) is 9.78 Å². The molecule has 7 heteroatoms. The Labute approximate surface area is 127 Å². The van der Waals surface area contributed by atoms with E-state index in [-0.39, 0.29) is 6.03 Å². The van der Waals surface area contributed by atoms with Crippen LogP contribution in [0.5, 0.6) is 0 Å². The third kappa shape index (κ3) is 3.24. The second-order valence-corrected chi connectivity index (χ2v) is 6.62. The zero-order chi connectivity index (χ0) is 14.8. The van der Waals surface area contributed by atoms with Crippen LogP contribution in [0.4, 0.5) is 10.7 Å². The van der Waals surface area contributed by atoms with E-state index < -0.39 is 0 Å². The highest BCUT2D eigenvalue weighted by Crippen LogP contribution is 2.30. The maximum atomic E-state index is 12.3. The predicted octanol–water partition coefficient (Wildman–Crippen LogP) is 3.16. The highest BCUT2D eigenvalue weighted by molar-refractivity contribution is 7.11. The van der Waals surface area contributed by atoms with Crippen LogP contribution in [0, 0.1) is 13.8 Å². The first-order valence-corrected chi connectivity index (χ1v) is 7.85. The molecule has 2 amide bonds. The van der Waals surface area contributed by atoms with E-state index in [1.165, 1.54) is 4.88 Å². The molecule has 3 heterocycles. The van der Waals surface area contributed by atoms with Crippen LogP contribution in [0.2, 0.25) is 0 Å². The van der Waals surface area contributed by atoms with Crippen LogP contribution in [0.25, 0.3) is 0 Å². The van der Waals surface area contributed by atoms with Crippen LogP contribution in [0.3, 0.4) is 0 Å². The van der Waals surface area contributed by atoms with E-state index >= 15 is 0 Å². The quantitative estimate of drug-likeness (QED) is 0.925. The van der Waals surface area contributed by atoms with Crippen molar-refractivity contribution in [3.63, 3.8) is 0 Å². The smallest absolute Gasteiger partial charge is 0.324 e. The van der Waals surface area contributed by atoms with Gasteiger partial charge in [0.1, 0.15) is 0 Å². The summed E-state index contributed by atoms with van der Waals surface area (Å²) in [7, 11) is 0. The van der Waals surface area contributed by atoms with E-state index in [9.17, 15) is 4.79 Å². The first kappa shape index (κ1) is 14.1. The summed E-state index contributed by atoms with van der Waals surface area (Å²) >= 11 is 1.72. The lowest BCUT2D eigenvalue weighted by Crippen LogP contribution is -2.41. The average Bonchev–Trinajstić information content (AvgIpc) is 3.08. The van der Waals surface area contributed by atoms with Crippen molar-refractivity contribution in [3.05, 3.63) is 27.8 Å². The number of anilines is 1. The van der Waals surface area contributed by atoms with Crippen LogP contribution < -0.4 is 5.32 Å². The molecule has 3 rings (SSSR count). The third-order valence-electron chi connectivity index (χ3n) is 3.56. The Morgan fingerprint density at radius 1 is 1.52 bits per heavy atom. The highest BCUT2D eigenvalue weighted by atomic mass is 32.1. The molecular formula is C14H18N4O2S. The summed E-state index contributed by atoms with van der Waals surface area (Å²) in [6, 6.07) is 1.58. The number of piperidine rings is 1. The van der Waals surface area contributed by atoms with Crippen LogP contribution in [-0.4, -0.2) is 34.2 Å². The van der Waals surface area contributed by atoms with Crippen molar-refractivity contribution in [2.24, 2.45) is 0 Å². The molecule has 1 aliphatic heterocycles. The van der Waals surface area contributed by atoms with E-state index in [2.05, 4.69) is 22.4 Å². The Kier molecular flexibility index (Phi) is 3.92. The molecule has 2 aromatic rings. The van der Waals surface area contributed by atoms with Gasteiger partial charge in [-0.2, -0.15) is 0 Å². The molecule has 1 fully saturated rings. The standard InChI is InChI=1S/C14H18N4O2S/c1-9-6-12(20-17-9)16-14(19)18-5-3-4-11(8-18)13-15-7-10(2)21-13/h6-7,11H,3-5,8H2,1-2H3,(H,16,19). The van der Waals surface area contributed by atoms with Crippen molar-refractivity contribution in [2.75, 3.05) is 18.4 Å². The topological polar surface area (TPSA) is 71.3 Å². The van der Waals surface area contributed by atoms with Gasteiger partial charge in [0.15, 0.2) is 0 Å². The van der Waals surface area contributed by atoms with Crippen LogP contribution >= 0.6 is 11.3 Å². The molecule has 0 saturated carbocycles. The number of aryl methyl sites for hydroxylation is 2. The number of thiazole rings is 1. The fourth-order valence-electron chi connectivity index (χ4n) is 2.53. The van der Waals surface area contributed by atoms with Gasteiger partial charge in [-0.1, -0.05) is 5.16 Å². The van der Waals surface area contributed by atoms with Gasteiger partial charge in [0.05, 0.1) is 10.7 Å². The van der Waals surface area contributed by atoms with Crippen LogP contribution in [0.15, 0.2) is 16.8 Å². The zero-order valence-corrected chi connectivity index (χ0v) is 12.9. The zero-order valence-electron chi connectivity index (χ0n) is 12.1. The van der Waals surface area contributed by atoms with Crippen molar-refractivity contribution in [2.45, 2.75) is 32.6 Å². The van der Waals surface area contributed by atoms with Crippen molar-refractivity contribution >= 4 is 23.3 Å². The monoisotopic (exact) mass is 306 g/mol. The van der Waals surface area contributed by atoms with E-state index in [1.807, 2.05) is 18.0 Å². The van der Waals surface area contributed by atoms with Crippen LogP contribution in [-0.2, 0) is 0 Å². The lowest BCUT2D eigenvalue weighted by molar-refractivity contribution is 0.192. The molecule has 0 aliphatic carbocycles. The molecule has 1 unspecified atom stereocenters. The summed E-state index contributed by atoms with van der Waals surface area (Å²) in [4.78, 5) is 19.8. The summed E-state index contributed by atoms with van der Waals surface area (Å²) in [5, 5.41) is 7.64. The van der Waals surface area contributed by atoms with Gasteiger partial charge in [0.2, 0.25) is 5.88 Å². The number of amides is 2. The maximum absolute atomic E-state index is 12.3. The van der Waals surface area contributed by atoms with E-state index in [4.69, 9.17) is 4.52 Å². The SMILES string of the molecule is Cc1cc(NC(=O)N2CCCC(c3ncc(C)s3)C2)on1. The van der Waals surface area contributed by atoms with Crippen molar-refractivity contribution in [3.8, 4) is 0 Å². The molecule has 0 aromatic carbocycles. The number of carbonyl (C=O) groups is 1. The number of rotatable bonds is 2. The number of nitrogens with one attached hydrogen (secondary N) is 1. The minimum Gasteiger partial charge on any atom is -0.338 e. The molecule has 6 nitrogen and oxygen atoms in total. The largest absolute Gasteiger partial charge is 0.338 e. The Morgan fingerprint density at radius 3 is 3.05 bits per heavy atom. The normalized spacial score (nSPS) is 18.8. The molecule has 0 bridgehead atoms. The fourth-order valence-corrected chi connectivity index (χ4v) is 3.43. The predicted molar refractivity (Wildman–Crippen MR) is 80.7 cm³/mol. The van der Waals surface area contributed by atoms with Gasteiger partial charge in [0.25, 0.3) is 0 Å². The van der Waals surface area contributed by atoms with Gasteiger partial charge in [-0.3, -0.25) is 5.32 Å². The minimum atomic E-state index is -0.135. The second-order valence-electron chi connectivity index (χ2n) is 5.36. The molecule has 1 atom stereocenters. The van der Waals surface area contributed by atoms with E-state index in [0.29, 0.717) is 18.3 Å². The number of urea groups is 1. The van der Waals surface area contributed by atoms with Gasteiger partial charge in [0, 0.05) is 36.1 Å². The van der Waals surface area contributed by atoms with Gasteiger partial charge in [-0.05, 0) is 26.7 Å². The molecule has 2 aromatic heterocycles. The highest BCUT2D eigenvalue weighted by Gasteiger charge is 2.27. The van der Waals surface area contributed by atoms with E-state index in [0.717, 1.165) is 30.1 Å². The molecular weight excluding hydrogens is 288 g/mol. The summed E-state index contributed by atoms with van der Waals surface area (Å²) in [5.41, 5.74) is 0.750. The van der Waals surface area contributed by atoms with Crippen molar-refractivity contribution < 1.29 is 9.32 Å². The van der Waals surface area contributed by atoms with Gasteiger partial charge >= 0.3 is 6.03 Å². The molecule has 1 aliphatic rings. The fraction of sp³-hybridized carbons (Fsp3) is 0.500. The number of nitrogens with zero attached hydrogens (tertiary/aromatic N) is 3. The van der Waals surface area contributed by atoms with Crippen molar-refractivity contribution in [1.82, 2.24) is 15.0 Å². The first-order chi connectivity index (χ1) is 10.1. The lowest BCUT2D eigenvalue weighted by Gasteiger charge is -2.31. The Morgan fingerprint density at radius 2 is 2.38 bits per heavy atom. The molecule has 1 N–H and O–H groups in total. The van der Waals surface area contributed by atoms with Gasteiger partial charge < -0.3 is 9.42 Å². The second kappa shape index (κ2) is 5.85. The van der Waals surface area contributed by atoms with Crippen molar-refractivity contribution in [1.29, 1.82) is 0 Å². The number of hydrogen-bond donors (Lipinski definition) is 1. The molecule has 0 radical (unpaired) electrons.